The Morgan fingerprint density at radius 2 is 1.43 bits per heavy atom. The molecule has 0 spiro atoms. The van der Waals surface area contributed by atoms with Crippen LogP contribution < -0.4 is 0 Å². The van der Waals surface area contributed by atoms with Gasteiger partial charge in [0.25, 0.3) is 0 Å². The molecule has 2 heterocycles. The highest BCUT2D eigenvalue weighted by atomic mass is 16.8. The van der Waals surface area contributed by atoms with Gasteiger partial charge in [0.1, 0.15) is 42.7 Å². The first-order valence-electron chi connectivity index (χ1n) is 6.48. The summed E-state index contributed by atoms with van der Waals surface area (Å²) in [5, 5.41) is 66.5. The van der Waals surface area contributed by atoms with Gasteiger partial charge in [-0.05, 0) is 0 Å². The normalized spacial score (nSPS) is 51.9. The van der Waals surface area contributed by atoms with Crippen molar-refractivity contribution in [1.29, 1.82) is 0 Å². The second-order valence-electron chi connectivity index (χ2n) is 5.08. The summed E-state index contributed by atoms with van der Waals surface area (Å²) in [6.07, 6.45) is -13.3. The lowest BCUT2D eigenvalue weighted by atomic mass is 9.99. The largest absolute Gasteiger partial charge is 0.394 e. The lowest BCUT2D eigenvalue weighted by molar-refractivity contribution is -0.365. The lowest BCUT2D eigenvalue weighted by Gasteiger charge is -2.42. The number of aliphatic hydroxyl groups is 7. The van der Waals surface area contributed by atoms with Crippen LogP contribution in [-0.2, 0) is 14.2 Å². The number of aliphatic hydroxyl groups excluding tert-OH is 7. The van der Waals surface area contributed by atoms with E-state index in [2.05, 4.69) is 0 Å². The highest BCUT2D eigenvalue weighted by molar-refractivity contribution is 4.90. The minimum atomic E-state index is -1.65. The van der Waals surface area contributed by atoms with E-state index in [4.69, 9.17) is 19.3 Å². The van der Waals surface area contributed by atoms with Crippen molar-refractivity contribution in [3.63, 3.8) is 0 Å². The summed E-state index contributed by atoms with van der Waals surface area (Å²) in [6.45, 7) is -0.930. The van der Waals surface area contributed by atoms with Crippen LogP contribution >= 0.6 is 0 Å². The Morgan fingerprint density at radius 1 is 0.810 bits per heavy atom. The number of rotatable bonds is 3. The van der Waals surface area contributed by atoms with Crippen molar-refractivity contribution in [2.45, 2.75) is 55.3 Å². The summed E-state index contributed by atoms with van der Waals surface area (Å²) in [7, 11) is 0. The maximum atomic E-state index is 9.77. The van der Waals surface area contributed by atoms with E-state index in [9.17, 15) is 30.6 Å². The van der Waals surface area contributed by atoms with Crippen LogP contribution in [0.1, 0.15) is 0 Å². The summed E-state index contributed by atoms with van der Waals surface area (Å²) in [4.78, 5) is 0. The summed E-state index contributed by atoms with van der Waals surface area (Å²) in [5.74, 6) is 0. The Hall–Kier alpha value is -0.400. The SMILES string of the molecule is OC[C@H]1O[C@@H](OC2OC[C@@H](O)[C@H](O)[C@H]2O)[C@H](O)[C@@H](O)[C@@H]1O. The van der Waals surface area contributed by atoms with Crippen LogP contribution in [0.3, 0.4) is 0 Å². The van der Waals surface area contributed by atoms with E-state index < -0.39 is 61.9 Å². The second-order valence-corrected chi connectivity index (χ2v) is 5.08. The molecule has 10 heteroatoms. The maximum Gasteiger partial charge on any atom is 0.189 e. The smallest absolute Gasteiger partial charge is 0.189 e. The Kier molecular flexibility index (Phi) is 5.48. The molecule has 2 aliphatic heterocycles. The zero-order chi connectivity index (χ0) is 15.7. The van der Waals surface area contributed by atoms with Gasteiger partial charge in [-0.3, -0.25) is 0 Å². The first-order chi connectivity index (χ1) is 9.86. The van der Waals surface area contributed by atoms with E-state index in [1.165, 1.54) is 0 Å². The number of hydrogen-bond donors (Lipinski definition) is 7. The third-order valence-electron chi connectivity index (χ3n) is 3.57. The van der Waals surface area contributed by atoms with Crippen LogP contribution in [-0.4, -0.2) is 104 Å². The van der Waals surface area contributed by atoms with Gasteiger partial charge in [0.15, 0.2) is 12.6 Å². The molecule has 7 N–H and O–H groups in total. The molecule has 2 saturated heterocycles. The average molecular weight is 312 g/mol. The standard InChI is InChI=1S/C11H20O10/c12-1-4-6(15)7(16)9(18)11(20-4)21-10-8(17)5(14)3(13)2-19-10/h3-18H,1-2H2/t3-,4-,5+,6-,7+,8-,9-,10?,11+/m1/s1. The van der Waals surface area contributed by atoms with E-state index in [1.807, 2.05) is 0 Å². The minimum absolute atomic E-state index is 0.305. The Morgan fingerprint density at radius 3 is 2.05 bits per heavy atom. The van der Waals surface area contributed by atoms with Crippen LogP contribution in [0.5, 0.6) is 0 Å². The molecule has 0 bridgehead atoms. The predicted molar refractivity (Wildman–Crippen MR) is 62.6 cm³/mol. The van der Waals surface area contributed by atoms with Crippen LogP contribution in [0, 0.1) is 0 Å². The maximum absolute atomic E-state index is 9.77. The van der Waals surface area contributed by atoms with Crippen molar-refractivity contribution in [3.8, 4) is 0 Å². The Bertz CT molecular complexity index is 339. The molecule has 0 aliphatic carbocycles. The molecule has 0 aromatic rings. The third-order valence-corrected chi connectivity index (χ3v) is 3.57. The van der Waals surface area contributed by atoms with Crippen LogP contribution in [0.4, 0.5) is 0 Å². The van der Waals surface area contributed by atoms with Crippen LogP contribution in [0.15, 0.2) is 0 Å². The molecule has 124 valence electrons. The molecule has 0 amide bonds. The Balaban J connectivity index is 2.01. The van der Waals surface area contributed by atoms with Gasteiger partial charge in [-0.2, -0.15) is 0 Å². The van der Waals surface area contributed by atoms with E-state index in [-0.39, 0.29) is 6.61 Å². The van der Waals surface area contributed by atoms with Crippen molar-refractivity contribution in [2.24, 2.45) is 0 Å². The van der Waals surface area contributed by atoms with Crippen LogP contribution in [0.25, 0.3) is 0 Å². The number of hydrogen-bond acceptors (Lipinski definition) is 10. The molecule has 1 unspecified atom stereocenters. The molecule has 2 fully saturated rings. The molecule has 0 aromatic heterocycles. The molecule has 9 atom stereocenters. The molecule has 10 nitrogen and oxygen atoms in total. The van der Waals surface area contributed by atoms with Gasteiger partial charge in [-0.1, -0.05) is 0 Å². The molecular weight excluding hydrogens is 292 g/mol. The average Bonchev–Trinajstić information content (AvgIpc) is 2.48. The summed E-state index contributed by atoms with van der Waals surface area (Å²) < 4.78 is 15.2. The first-order valence-corrected chi connectivity index (χ1v) is 6.48. The fourth-order valence-corrected chi connectivity index (χ4v) is 2.21. The van der Waals surface area contributed by atoms with Gasteiger partial charge >= 0.3 is 0 Å². The second kappa shape index (κ2) is 6.79. The summed E-state index contributed by atoms with van der Waals surface area (Å²) in [6, 6.07) is 0. The minimum Gasteiger partial charge on any atom is -0.394 e. The molecule has 0 saturated carbocycles. The molecular formula is C11H20O10. The van der Waals surface area contributed by atoms with Gasteiger partial charge in [0.05, 0.1) is 13.2 Å². The van der Waals surface area contributed by atoms with Crippen molar-refractivity contribution in [2.75, 3.05) is 13.2 Å². The van der Waals surface area contributed by atoms with Gasteiger partial charge in [-0.25, -0.2) is 0 Å². The molecule has 2 aliphatic rings. The van der Waals surface area contributed by atoms with Crippen molar-refractivity contribution in [3.05, 3.63) is 0 Å². The summed E-state index contributed by atoms with van der Waals surface area (Å²) >= 11 is 0. The van der Waals surface area contributed by atoms with E-state index in [1.54, 1.807) is 0 Å². The summed E-state index contributed by atoms with van der Waals surface area (Å²) in [5.41, 5.74) is 0. The fraction of sp³-hybridized carbons (Fsp3) is 1.00. The fourth-order valence-electron chi connectivity index (χ4n) is 2.21. The van der Waals surface area contributed by atoms with Gasteiger partial charge in [0, 0.05) is 0 Å². The quantitative estimate of drug-likeness (QED) is 0.268. The lowest BCUT2D eigenvalue weighted by Crippen LogP contribution is -2.62. The van der Waals surface area contributed by atoms with Crippen molar-refractivity contribution >= 4 is 0 Å². The van der Waals surface area contributed by atoms with Crippen molar-refractivity contribution in [1.82, 2.24) is 0 Å². The van der Waals surface area contributed by atoms with Gasteiger partial charge in [-0.15, -0.1) is 0 Å². The van der Waals surface area contributed by atoms with Crippen LogP contribution in [0.2, 0.25) is 0 Å². The zero-order valence-corrected chi connectivity index (χ0v) is 11.0. The van der Waals surface area contributed by atoms with E-state index >= 15 is 0 Å². The topological polar surface area (TPSA) is 169 Å². The first kappa shape index (κ1) is 17.0. The van der Waals surface area contributed by atoms with Gasteiger partial charge < -0.3 is 50.0 Å². The van der Waals surface area contributed by atoms with Crippen molar-refractivity contribution < 1.29 is 50.0 Å². The highest BCUT2D eigenvalue weighted by Crippen LogP contribution is 2.25. The predicted octanol–water partition coefficient (Wildman–Crippen LogP) is -4.76. The molecule has 0 aromatic carbocycles. The highest BCUT2D eigenvalue weighted by Gasteiger charge is 2.47. The molecule has 2 rings (SSSR count). The Labute approximate surface area is 119 Å². The van der Waals surface area contributed by atoms with Gasteiger partial charge in [0.2, 0.25) is 0 Å². The number of ether oxygens (including phenoxy) is 3. The molecule has 21 heavy (non-hydrogen) atoms. The third kappa shape index (κ3) is 3.35. The van der Waals surface area contributed by atoms with E-state index in [0.717, 1.165) is 0 Å². The van der Waals surface area contributed by atoms with E-state index in [0.29, 0.717) is 0 Å². The molecule has 0 radical (unpaired) electrons. The zero-order valence-electron chi connectivity index (χ0n) is 11.0. The monoisotopic (exact) mass is 312 g/mol.